The molecule has 0 aliphatic heterocycles. The van der Waals surface area contributed by atoms with E-state index in [4.69, 9.17) is 10.5 Å². The summed E-state index contributed by atoms with van der Waals surface area (Å²) in [4.78, 5) is 2.38. The molecular weight excluding hydrogens is 212 g/mol. The number of nitrogens with two attached hydrogens (primary N) is 1. The maximum atomic E-state index is 6.00. The molecule has 1 saturated carbocycles. The lowest BCUT2D eigenvalue weighted by Crippen LogP contribution is -2.37. The Hall–Kier alpha value is -0.120. The molecule has 0 radical (unpaired) electrons. The molecule has 1 fully saturated rings. The molecule has 3 heteroatoms. The van der Waals surface area contributed by atoms with E-state index in [1.54, 1.807) is 0 Å². The highest BCUT2D eigenvalue weighted by Gasteiger charge is 2.30. The van der Waals surface area contributed by atoms with Crippen molar-refractivity contribution in [1.82, 2.24) is 4.90 Å². The first-order valence-electron chi connectivity index (χ1n) is 7.19. The second-order valence-electron chi connectivity index (χ2n) is 5.51. The summed E-state index contributed by atoms with van der Waals surface area (Å²) in [7, 11) is 2.19. The zero-order valence-corrected chi connectivity index (χ0v) is 11.7. The predicted octanol–water partition coefficient (Wildman–Crippen LogP) is 2.25. The molecule has 0 unspecified atom stereocenters. The molecule has 3 nitrogen and oxygen atoms in total. The van der Waals surface area contributed by atoms with Crippen LogP contribution >= 0.6 is 0 Å². The monoisotopic (exact) mass is 242 g/mol. The lowest BCUT2D eigenvalue weighted by atomic mass is 9.72. The molecule has 0 spiro atoms. The van der Waals surface area contributed by atoms with Crippen molar-refractivity contribution in [3.63, 3.8) is 0 Å². The van der Waals surface area contributed by atoms with Crippen molar-refractivity contribution in [2.75, 3.05) is 39.9 Å². The zero-order chi connectivity index (χ0) is 12.6. The molecule has 102 valence electrons. The Morgan fingerprint density at radius 1 is 1.18 bits per heavy atom. The molecule has 0 bridgehead atoms. The van der Waals surface area contributed by atoms with Crippen molar-refractivity contribution in [2.45, 2.75) is 45.4 Å². The first-order chi connectivity index (χ1) is 8.22. The van der Waals surface area contributed by atoms with Gasteiger partial charge in [-0.3, -0.25) is 0 Å². The zero-order valence-electron chi connectivity index (χ0n) is 11.7. The van der Waals surface area contributed by atoms with Crippen molar-refractivity contribution in [3.05, 3.63) is 0 Å². The van der Waals surface area contributed by atoms with E-state index in [9.17, 15) is 0 Å². The number of hydrogen-bond acceptors (Lipinski definition) is 3. The summed E-state index contributed by atoms with van der Waals surface area (Å²) in [6.07, 6.45) is 8.08. The minimum Gasteiger partial charge on any atom is -0.380 e. The third-order valence-electron chi connectivity index (χ3n) is 4.19. The molecule has 0 saturated heterocycles. The second kappa shape index (κ2) is 8.06. The van der Waals surface area contributed by atoms with Crippen molar-refractivity contribution < 1.29 is 4.74 Å². The van der Waals surface area contributed by atoms with Gasteiger partial charge in [-0.1, -0.05) is 19.3 Å². The van der Waals surface area contributed by atoms with Crippen LogP contribution in [0.15, 0.2) is 0 Å². The van der Waals surface area contributed by atoms with Gasteiger partial charge in [0.1, 0.15) is 0 Å². The van der Waals surface area contributed by atoms with E-state index < -0.39 is 0 Å². The fraction of sp³-hybridized carbons (Fsp3) is 1.00. The van der Waals surface area contributed by atoms with Gasteiger partial charge in [-0.15, -0.1) is 0 Å². The van der Waals surface area contributed by atoms with Crippen molar-refractivity contribution in [3.8, 4) is 0 Å². The van der Waals surface area contributed by atoms with Gasteiger partial charge in [-0.25, -0.2) is 0 Å². The first kappa shape index (κ1) is 14.9. The van der Waals surface area contributed by atoms with Gasteiger partial charge in [-0.2, -0.15) is 0 Å². The van der Waals surface area contributed by atoms with E-state index in [1.807, 2.05) is 6.92 Å². The molecular formula is C14H30N2O. The van der Waals surface area contributed by atoms with Crippen LogP contribution in [0.4, 0.5) is 0 Å². The Balaban J connectivity index is 2.21. The standard InChI is InChI=1S/C14H30N2O/c1-3-17-12-11-16(2)10-9-14(13-15)7-5-4-6-8-14/h3-13,15H2,1-2H3. The topological polar surface area (TPSA) is 38.5 Å². The SMILES string of the molecule is CCOCCN(C)CCC1(CN)CCCCC1. The highest BCUT2D eigenvalue weighted by atomic mass is 16.5. The third kappa shape index (κ3) is 5.36. The first-order valence-corrected chi connectivity index (χ1v) is 7.19. The van der Waals surface area contributed by atoms with Crippen LogP contribution in [0.25, 0.3) is 0 Å². The van der Waals surface area contributed by atoms with E-state index in [0.29, 0.717) is 5.41 Å². The summed E-state index contributed by atoms with van der Waals surface area (Å²) < 4.78 is 5.38. The van der Waals surface area contributed by atoms with Crippen LogP contribution in [0.5, 0.6) is 0 Å². The number of hydrogen-bond donors (Lipinski definition) is 1. The van der Waals surface area contributed by atoms with E-state index in [1.165, 1.54) is 38.5 Å². The Morgan fingerprint density at radius 3 is 2.47 bits per heavy atom. The third-order valence-corrected chi connectivity index (χ3v) is 4.19. The molecule has 17 heavy (non-hydrogen) atoms. The van der Waals surface area contributed by atoms with Crippen LogP contribution in [-0.4, -0.2) is 44.8 Å². The van der Waals surface area contributed by atoms with Crippen LogP contribution in [0.3, 0.4) is 0 Å². The van der Waals surface area contributed by atoms with Gasteiger partial charge >= 0.3 is 0 Å². The normalized spacial score (nSPS) is 19.8. The lowest BCUT2D eigenvalue weighted by Gasteiger charge is -2.37. The Morgan fingerprint density at radius 2 is 1.88 bits per heavy atom. The van der Waals surface area contributed by atoms with Gasteiger partial charge in [0.25, 0.3) is 0 Å². The minimum atomic E-state index is 0.443. The van der Waals surface area contributed by atoms with Crippen LogP contribution in [0.2, 0.25) is 0 Å². The summed E-state index contributed by atoms with van der Waals surface area (Å²) in [5.74, 6) is 0. The van der Waals surface area contributed by atoms with Crippen molar-refractivity contribution in [1.29, 1.82) is 0 Å². The molecule has 0 heterocycles. The van der Waals surface area contributed by atoms with Gasteiger partial charge in [-0.05, 0) is 51.7 Å². The van der Waals surface area contributed by atoms with Gasteiger partial charge < -0.3 is 15.4 Å². The fourth-order valence-electron chi connectivity index (χ4n) is 2.76. The predicted molar refractivity (Wildman–Crippen MR) is 73.2 cm³/mol. The lowest BCUT2D eigenvalue weighted by molar-refractivity contribution is 0.108. The summed E-state index contributed by atoms with van der Waals surface area (Å²) in [5.41, 5.74) is 6.45. The smallest absolute Gasteiger partial charge is 0.0593 e. The van der Waals surface area contributed by atoms with Crippen LogP contribution in [0, 0.1) is 5.41 Å². The van der Waals surface area contributed by atoms with Crippen molar-refractivity contribution in [2.24, 2.45) is 11.1 Å². The highest BCUT2D eigenvalue weighted by Crippen LogP contribution is 2.38. The Bertz CT molecular complexity index is 191. The molecule has 0 amide bonds. The largest absolute Gasteiger partial charge is 0.380 e. The van der Waals surface area contributed by atoms with E-state index in [0.717, 1.165) is 32.8 Å². The molecule has 1 aliphatic rings. The summed E-state index contributed by atoms with van der Waals surface area (Å²) >= 11 is 0. The van der Waals surface area contributed by atoms with Crippen LogP contribution < -0.4 is 5.73 Å². The molecule has 0 aromatic rings. The molecule has 1 rings (SSSR count). The van der Waals surface area contributed by atoms with Gasteiger partial charge in [0, 0.05) is 13.2 Å². The van der Waals surface area contributed by atoms with E-state index in [-0.39, 0.29) is 0 Å². The quantitative estimate of drug-likeness (QED) is 0.664. The molecule has 0 atom stereocenters. The van der Waals surface area contributed by atoms with Crippen molar-refractivity contribution >= 4 is 0 Å². The number of rotatable bonds is 8. The maximum absolute atomic E-state index is 6.00. The Kier molecular flexibility index (Phi) is 7.09. The summed E-state index contributed by atoms with van der Waals surface area (Å²) in [6.45, 7) is 6.78. The second-order valence-corrected chi connectivity index (χ2v) is 5.51. The maximum Gasteiger partial charge on any atom is 0.0593 e. The molecule has 1 aliphatic carbocycles. The van der Waals surface area contributed by atoms with Crippen LogP contribution in [-0.2, 0) is 4.74 Å². The number of ether oxygens (including phenoxy) is 1. The van der Waals surface area contributed by atoms with E-state index in [2.05, 4.69) is 11.9 Å². The molecule has 2 N–H and O–H groups in total. The Labute approximate surface area is 107 Å². The molecule has 0 aromatic carbocycles. The summed E-state index contributed by atoms with van der Waals surface area (Å²) in [5, 5.41) is 0. The average molecular weight is 242 g/mol. The minimum absolute atomic E-state index is 0.443. The van der Waals surface area contributed by atoms with Gasteiger partial charge in [0.05, 0.1) is 6.61 Å². The van der Waals surface area contributed by atoms with Crippen LogP contribution in [0.1, 0.15) is 45.4 Å². The number of nitrogens with zero attached hydrogens (tertiary/aromatic N) is 1. The average Bonchev–Trinajstić information content (AvgIpc) is 2.38. The van der Waals surface area contributed by atoms with E-state index >= 15 is 0 Å². The summed E-state index contributed by atoms with van der Waals surface area (Å²) in [6, 6.07) is 0. The fourth-order valence-corrected chi connectivity index (χ4v) is 2.76. The number of likely N-dealkylation sites (N-methyl/N-ethyl adjacent to an activating group) is 1. The van der Waals surface area contributed by atoms with Gasteiger partial charge in [0.15, 0.2) is 0 Å². The highest BCUT2D eigenvalue weighted by molar-refractivity contribution is 4.84. The van der Waals surface area contributed by atoms with Gasteiger partial charge in [0.2, 0.25) is 0 Å². The molecule has 0 aromatic heterocycles.